The Bertz CT molecular complexity index is 1020. The van der Waals surface area contributed by atoms with Gasteiger partial charge in [0.05, 0.1) is 7.11 Å². The van der Waals surface area contributed by atoms with Gasteiger partial charge < -0.3 is 19.9 Å². The number of ether oxygens (including phenoxy) is 1. The van der Waals surface area contributed by atoms with Crippen molar-refractivity contribution in [2.45, 2.75) is 44.1 Å². The summed E-state index contributed by atoms with van der Waals surface area (Å²) < 4.78 is 4.80. The van der Waals surface area contributed by atoms with Crippen molar-refractivity contribution >= 4 is 17.9 Å². The van der Waals surface area contributed by atoms with Crippen LogP contribution in [-0.2, 0) is 19.9 Å². The first-order chi connectivity index (χ1) is 18.6. The van der Waals surface area contributed by atoms with Gasteiger partial charge in [0.25, 0.3) is 5.91 Å². The zero-order valence-corrected chi connectivity index (χ0v) is 22.4. The van der Waals surface area contributed by atoms with Crippen LogP contribution in [0.5, 0.6) is 0 Å². The van der Waals surface area contributed by atoms with Crippen LogP contribution in [0.4, 0.5) is 4.79 Å². The van der Waals surface area contributed by atoms with Gasteiger partial charge in [-0.2, -0.15) is 0 Å². The fraction of sp³-hybridized carbons (Fsp3) is 0.500. The van der Waals surface area contributed by atoms with E-state index in [0.717, 1.165) is 56.8 Å². The normalized spacial score (nSPS) is 17.7. The number of carbonyl (C=O) groups excluding carboxylic acids is 3. The molecule has 0 radical (unpaired) electrons. The molecule has 2 saturated heterocycles. The molecule has 204 valence electrons. The van der Waals surface area contributed by atoms with Crippen molar-refractivity contribution < 1.29 is 19.1 Å². The molecule has 2 fully saturated rings. The highest BCUT2D eigenvalue weighted by atomic mass is 16.5. The van der Waals surface area contributed by atoms with Crippen LogP contribution in [0.25, 0.3) is 0 Å². The second kappa shape index (κ2) is 13.5. The van der Waals surface area contributed by atoms with Crippen LogP contribution in [0.3, 0.4) is 0 Å². The molecule has 2 aromatic rings. The average molecular weight is 521 g/mol. The topological polar surface area (TPSA) is 82.2 Å². The Kier molecular flexibility index (Phi) is 9.90. The van der Waals surface area contributed by atoms with Crippen molar-refractivity contribution in [1.29, 1.82) is 0 Å². The van der Waals surface area contributed by atoms with E-state index in [1.807, 2.05) is 60.7 Å². The third-order valence-corrected chi connectivity index (χ3v) is 7.64. The first-order valence-corrected chi connectivity index (χ1v) is 13.8. The molecule has 0 atom stereocenters. The number of imide groups is 1. The number of methoxy groups -OCH3 is 1. The number of benzene rings is 2. The maximum atomic E-state index is 14.1. The molecule has 4 rings (SSSR count). The molecular weight excluding hydrogens is 480 g/mol. The Morgan fingerprint density at radius 3 is 1.89 bits per heavy atom. The molecule has 3 amide bonds. The van der Waals surface area contributed by atoms with Crippen molar-refractivity contribution in [2.24, 2.45) is 0 Å². The lowest BCUT2D eigenvalue weighted by molar-refractivity contribution is -0.145. The molecule has 2 aliphatic heterocycles. The van der Waals surface area contributed by atoms with Gasteiger partial charge in [-0.05, 0) is 30.5 Å². The van der Waals surface area contributed by atoms with Crippen molar-refractivity contribution in [1.82, 2.24) is 20.0 Å². The van der Waals surface area contributed by atoms with Gasteiger partial charge in [-0.1, -0.05) is 86.3 Å². The van der Waals surface area contributed by atoms with E-state index < -0.39 is 30.0 Å². The van der Waals surface area contributed by atoms with E-state index >= 15 is 0 Å². The van der Waals surface area contributed by atoms with E-state index in [1.54, 1.807) is 4.90 Å². The van der Waals surface area contributed by atoms with Crippen molar-refractivity contribution in [3.05, 3.63) is 71.8 Å². The minimum atomic E-state index is -1.32. The van der Waals surface area contributed by atoms with Gasteiger partial charge in [0, 0.05) is 32.7 Å². The summed E-state index contributed by atoms with van der Waals surface area (Å²) in [5.74, 6) is -1.04. The summed E-state index contributed by atoms with van der Waals surface area (Å²) in [6.45, 7) is 5.63. The molecule has 0 saturated carbocycles. The molecule has 0 bridgehead atoms. The molecule has 0 aliphatic carbocycles. The van der Waals surface area contributed by atoms with Crippen molar-refractivity contribution in [2.75, 3.05) is 52.9 Å². The van der Waals surface area contributed by atoms with Crippen LogP contribution in [0.1, 0.15) is 49.7 Å². The first kappa shape index (κ1) is 27.8. The highest BCUT2D eigenvalue weighted by molar-refractivity contribution is 6.11. The number of carbonyl (C=O) groups is 3. The quantitative estimate of drug-likeness (QED) is 0.247. The van der Waals surface area contributed by atoms with Crippen LogP contribution in [0.2, 0.25) is 0 Å². The Morgan fingerprint density at radius 2 is 1.34 bits per heavy atom. The molecule has 8 heteroatoms. The number of amides is 3. The highest BCUT2D eigenvalue weighted by Gasteiger charge is 2.59. The molecular formula is C30H40N4O4. The molecule has 38 heavy (non-hydrogen) atoms. The number of piperazine rings is 1. The number of rotatable bonds is 13. The Hall–Kier alpha value is -3.23. The van der Waals surface area contributed by atoms with Gasteiger partial charge in [-0.25, -0.2) is 4.79 Å². The fourth-order valence-electron chi connectivity index (χ4n) is 5.61. The van der Waals surface area contributed by atoms with E-state index in [1.165, 1.54) is 26.5 Å². The zero-order valence-electron chi connectivity index (χ0n) is 22.4. The average Bonchev–Trinajstić information content (AvgIpc) is 3.17. The summed E-state index contributed by atoms with van der Waals surface area (Å²) >= 11 is 0. The van der Waals surface area contributed by atoms with E-state index in [0.29, 0.717) is 17.7 Å². The molecule has 1 N–H and O–H groups in total. The Balaban J connectivity index is 1.45. The lowest BCUT2D eigenvalue weighted by atomic mass is 9.81. The lowest BCUT2D eigenvalue weighted by Gasteiger charge is -2.36. The molecule has 2 heterocycles. The second-order valence-corrected chi connectivity index (χ2v) is 10.1. The predicted molar refractivity (Wildman–Crippen MR) is 147 cm³/mol. The van der Waals surface area contributed by atoms with Crippen LogP contribution in [0.15, 0.2) is 60.7 Å². The second-order valence-electron chi connectivity index (χ2n) is 10.1. The molecule has 2 aromatic carbocycles. The monoisotopic (exact) mass is 520 g/mol. The predicted octanol–water partition coefficient (Wildman–Crippen LogP) is 3.61. The first-order valence-electron chi connectivity index (χ1n) is 13.8. The van der Waals surface area contributed by atoms with Crippen molar-refractivity contribution in [3.8, 4) is 0 Å². The van der Waals surface area contributed by atoms with E-state index in [2.05, 4.69) is 10.2 Å². The van der Waals surface area contributed by atoms with Gasteiger partial charge in [-0.15, -0.1) is 0 Å². The molecule has 2 aliphatic rings. The summed E-state index contributed by atoms with van der Waals surface area (Å²) in [6.07, 6.45) is 6.43. The number of nitrogens with one attached hydrogen (secondary N) is 1. The number of hydrogen-bond acceptors (Lipinski definition) is 6. The van der Waals surface area contributed by atoms with Crippen LogP contribution >= 0.6 is 0 Å². The molecule has 0 aromatic heterocycles. The summed E-state index contributed by atoms with van der Waals surface area (Å²) in [5.41, 5.74) is 0.103. The van der Waals surface area contributed by atoms with Gasteiger partial charge in [-0.3, -0.25) is 14.5 Å². The van der Waals surface area contributed by atoms with E-state index in [4.69, 9.17) is 4.74 Å². The minimum Gasteiger partial charge on any atom is -0.468 e. The number of esters is 1. The van der Waals surface area contributed by atoms with E-state index in [9.17, 15) is 14.4 Å². The standard InChI is InChI=1S/C30H40N4O4/c1-38-27(35)24-33-28(36)30(25-14-8-6-9-15-25,26-16-10-7-11-17-26)34(29(33)37)21-13-5-3-2-4-12-20-32-22-18-31-19-23-32/h6-11,14-17,31H,2-5,12-13,18-24H2,1H3. The maximum absolute atomic E-state index is 14.1. The van der Waals surface area contributed by atoms with Crippen LogP contribution in [-0.4, -0.2) is 85.5 Å². The number of unbranched alkanes of at least 4 members (excludes halogenated alkanes) is 5. The maximum Gasteiger partial charge on any atom is 0.328 e. The summed E-state index contributed by atoms with van der Waals surface area (Å²) in [5, 5.41) is 3.39. The number of urea groups is 1. The van der Waals surface area contributed by atoms with Crippen LogP contribution in [0, 0.1) is 0 Å². The molecule has 0 unspecified atom stereocenters. The molecule has 8 nitrogen and oxygen atoms in total. The third kappa shape index (κ3) is 6.08. The van der Waals surface area contributed by atoms with Crippen LogP contribution < -0.4 is 5.32 Å². The Labute approximate surface area is 225 Å². The summed E-state index contributed by atoms with van der Waals surface area (Å²) in [7, 11) is 1.26. The van der Waals surface area contributed by atoms with E-state index in [-0.39, 0.29) is 0 Å². The Morgan fingerprint density at radius 1 is 0.816 bits per heavy atom. The summed E-state index contributed by atoms with van der Waals surface area (Å²) in [6, 6.07) is 18.3. The van der Waals surface area contributed by atoms with Gasteiger partial charge in [0.1, 0.15) is 6.54 Å². The fourth-order valence-corrected chi connectivity index (χ4v) is 5.61. The zero-order chi connectivity index (χ0) is 26.8. The number of nitrogens with zero attached hydrogens (tertiary/aromatic N) is 3. The van der Waals surface area contributed by atoms with Gasteiger partial charge >= 0.3 is 12.0 Å². The number of hydrogen-bond donors (Lipinski definition) is 1. The molecule has 0 spiro atoms. The van der Waals surface area contributed by atoms with Crippen molar-refractivity contribution in [3.63, 3.8) is 0 Å². The highest BCUT2D eigenvalue weighted by Crippen LogP contribution is 2.43. The summed E-state index contributed by atoms with van der Waals surface area (Å²) in [4.78, 5) is 45.2. The lowest BCUT2D eigenvalue weighted by Crippen LogP contribution is -2.48. The largest absolute Gasteiger partial charge is 0.468 e. The SMILES string of the molecule is COC(=O)CN1C(=O)N(CCCCCCCCN2CCNCC2)C(c2ccccc2)(c2ccccc2)C1=O. The van der Waals surface area contributed by atoms with Gasteiger partial charge in [0.2, 0.25) is 0 Å². The minimum absolute atomic E-state index is 0.404. The van der Waals surface area contributed by atoms with Gasteiger partial charge in [0.15, 0.2) is 5.54 Å². The third-order valence-electron chi connectivity index (χ3n) is 7.64. The smallest absolute Gasteiger partial charge is 0.328 e.